The Kier molecular flexibility index (Phi) is 2.96. The second-order valence-electron chi connectivity index (χ2n) is 4.88. The van der Waals surface area contributed by atoms with Gasteiger partial charge in [-0.05, 0) is 27.2 Å². The third-order valence-electron chi connectivity index (χ3n) is 2.07. The fraction of sp³-hybridized carbons (Fsp3) is 0.846. The first-order valence-corrected chi connectivity index (χ1v) is 5.94. The number of ether oxygens (including phenoxy) is 2. The zero-order chi connectivity index (χ0) is 21.6. The Morgan fingerprint density at radius 3 is 2.55 bits per heavy atom. The highest BCUT2D eigenvalue weighted by atomic mass is 16.6. The summed E-state index contributed by atoms with van der Waals surface area (Å²) in [5.74, 6) is 0. The number of methoxy groups -OCH3 is 1. The Hall–Kier alpha value is -1.50. The first-order valence-electron chi connectivity index (χ1n) is 9.44. The van der Waals surface area contributed by atoms with E-state index >= 15 is 0 Å². The fourth-order valence-corrected chi connectivity index (χ4v) is 1.29. The molecule has 0 aliphatic carbocycles. The van der Waals surface area contributed by atoms with E-state index in [2.05, 4.69) is 4.74 Å². The predicted octanol–water partition coefficient (Wildman–Crippen LogP) is 1.06. The maximum atomic E-state index is 12.6. The molecule has 1 fully saturated rings. The summed E-state index contributed by atoms with van der Waals surface area (Å²) < 4.78 is 66.6. The van der Waals surface area contributed by atoms with Crippen LogP contribution in [0.2, 0.25) is 0 Å². The van der Waals surface area contributed by atoms with Crippen molar-refractivity contribution < 1.29 is 33.8 Å². The minimum atomic E-state index is -3.43. The van der Waals surface area contributed by atoms with Crippen molar-refractivity contribution in [1.82, 2.24) is 9.80 Å². The first kappa shape index (κ1) is 8.71. The molecule has 1 N–H and O–H groups in total. The molecule has 1 aliphatic rings. The lowest BCUT2D eigenvalue weighted by Crippen LogP contribution is -2.57. The average molecular weight is 295 g/mol. The molecular formula is C13H24N2O5. The molecular weight excluding hydrogens is 264 g/mol. The first-order chi connectivity index (χ1) is 11.9. The van der Waals surface area contributed by atoms with Gasteiger partial charge in [-0.1, -0.05) is 0 Å². The number of hydrogen-bond acceptors (Lipinski definition) is 5. The lowest BCUT2D eigenvalue weighted by Gasteiger charge is -2.40. The van der Waals surface area contributed by atoms with Crippen molar-refractivity contribution in [2.45, 2.75) is 38.8 Å². The maximum absolute atomic E-state index is 12.6. The SMILES string of the molecule is [2H]C1([2H])N(C(=O)OC)C([2H])([2H])C([2H])(CCO)N(C(=O)OC(C)(C)C)C1([2H])[2H]. The summed E-state index contributed by atoms with van der Waals surface area (Å²) in [5, 5.41) is 9.31. The highest BCUT2D eigenvalue weighted by Crippen LogP contribution is 2.18. The monoisotopic (exact) mass is 295 g/mol. The van der Waals surface area contributed by atoms with Gasteiger partial charge in [0.05, 0.1) is 22.7 Å². The number of hydrogen-bond donors (Lipinski definition) is 1. The van der Waals surface area contributed by atoms with Gasteiger partial charge in [-0.2, -0.15) is 0 Å². The molecule has 0 aromatic rings. The second kappa shape index (κ2) is 6.78. The van der Waals surface area contributed by atoms with Crippen LogP contribution in [0.5, 0.6) is 0 Å². The Morgan fingerprint density at radius 2 is 2.05 bits per heavy atom. The van der Waals surface area contributed by atoms with Gasteiger partial charge in [0, 0.05) is 26.1 Å². The van der Waals surface area contributed by atoms with Crippen LogP contribution in [0.4, 0.5) is 9.59 Å². The minimum absolute atomic E-state index is 0.0408. The minimum Gasteiger partial charge on any atom is -0.453 e. The fourth-order valence-electron chi connectivity index (χ4n) is 1.29. The van der Waals surface area contributed by atoms with Gasteiger partial charge in [-0.3, -0.25) is 0 Å². The standard InChI is InChI=1S/C13H24N2O5/c1-13(2,3)20-12(18)15-7-6-14(11(17)19-4)9-10(15)5-8-16/h10,16H,5-9H2,1-4H3/i6D2,7D2,9D2,10D. The predicted molar refractivity (Wildman–Crippen MR) is 72.4 cm³/mol. The molecule has 1 rings (SSSR count). The number of rotatable bonds is 2. The average Bonchev–Trinajstić information content (AvgIpc) is 2.43. The van der Waals surface area contributed by atoms with Gasteiger partial charge in [0.2, 0.25) is 0 Å². The number of piperazine rings is 1. The Bertz CT molecular complexity index is 610. The van der Waals surface area contributed by atoms with Crippen LogP contribution in [0.1, 0.15) is 36.8 Å². The summed E-state index contributed by atoms with van der Waals surface area (Å²) >= 11 is 0. The summed E-state index contributed by atoms with van der Waals surface area (Å²) in [5.41, 5.74) is -1.16. The molecule has 0 bridgehead atoms. The van der Waals surface area contributed by atoms with Crippen molar-refractivity contribution in [3.63, 3.8) is 0 Å². The maximum Gasteiger partial charge on any atom is 0.410 e. The molecule has 20 heavy (non-hydrogen) atoms. The van der Waals surface area contributed by atoms with Crippen LogP contribution in [0, 0.1) is 0 Å². The third kappa shape index (κ3) is 4.56. The van der Waals surface area contributed by atoms with Crippen molar-refractivity contribution in [2.75, 3.05) is 33.2 Å². The van der Waals surface area contributed by atoms with Gasteiger partial charge in [-0.25, -0.2) is 9.59 Å². The number of aliphatic hydroxyl groups is 1. The number of nitrogens with zero attached hydrogens (tertiary/aromatic N) is 2. The molecule has 2 amide bonds. The van der Waals surface area contributed by atoms with Crippen LogP contribution in [-0.4, -0.2) is 71.9 Å². The lowest BCUT2D eigenvalue weighted by molar-refractivity contribution is -0.00467. The highest BCUT2D eigenvalue weighted by molar-refractivity contribution is 5.71. The second-order valence-corrected chi connectivity index (χ2v) is 4.88. The van der Waals surface area contributed by atoms with Gasteiger partial charge in [0.25, 0.3) is 0 Å². The van der Waals surface area contributed by atoms with Crippen LogP contribution in [0.25, 0.3) is 0 Å². The Balaban J connectivity index is 3.76. The van der Waals surface area contributed by atoms with E-state index in [0.29, 0.717) is 0 Å². The summed E-state index contributed by atoms with van der Waals surface area (Å²) in [6.45, 7) is -6.61. The van der Waals surface area contributed by atoms with Crippen molar-refractivity contribution >= 4 is 12.2 Å². The molecule has 0 saturated carbocycles. The molecule has 0 aromatic heterocycles. The van der Waals surface area contributed by atoms with Crippen LogP contribution in [0.3, 0.4) is 0 Å². The van der Waals surface area contributed by atoms with Gasteiger partial charge < -0.3 is 24.4 Å². The molecule has 1 heterocycles. The van der Waals surface area contributed by atoms with E-state index in [1.807, 2.05) is 0 Å². The number of carbonyl (C=O) groups excluding carboxylic acids is 2. The third-order valence-corrected chi connectivity index (χ3v) is 2.07. The van der Waals surface area contributed by atoms with Crippen LogP contribution < -0.4 is 0 Å². The number of aliphatic hydroxyl groups excluding tert-OH is 1. The number of amides is 2. The number of carbonyl (C=O) groups is 2. The summed E-state index contributed by atoms with van der Waals surface area (Å²) in [6, 6.07) is -2.92. The van der Waals surface area contributed by atoms with E-state index in [4.69, 9.17) is 14.3 Å². The molecule has 1 atom stereocenters. The van der Waals surface area contributed by atoms with Crippen molar-refractivity contribution in [1.29, 1.82) is 0 Å². The summed E-state index contributed by atoms with van der Waals surface area (Å²) in [6.07, 6.45) is -3.91. The molecule has 0 radical (unpaired) electrons. The molecule has 1 saturated heterocycles. The quantitative estimate of drug-likeness (QED) is 0.824. The van der Waals surface area contributed by atoms with E-state index in [0.717, 1.165) is 7.11 Å². The normalized spacial score (nSPS) is 36.1. The zero-order valence-corrected chi connectivity index (χ0v) is 11.9. The van der Waals surface area contributed by atoms with Crippen molar-refractivity contribution in [2.24, 2.45) is 0 Å². The Labute approximate surface area is 129 Å². The topological polar surface area (TPSA) is 79.3 Å². The summed E-state index contributed by atoms with van der Waals surface area (Å²) in [4.78, 5) is 24.4. The molecule has 0 spiro atoms. The molecule has 1 unspecified atom stereocenters. The molecule has 116 valence electrons. The van der Waals surface area contributed by atoms with E-state index in [-0.39, 0.29) is 9.80 Å². The van der Waals surface area contributed by atoms with Gasteiger partial charge in [-0.15, -0.1) is 0 Å². The summed E-state index contributed by atoms with van der Waals surface area (Å²) in [7, 11) is 0.835. The molecule has 7 heteroatoms. The van der Waals surface area contributed by atoms with E-state index in [1.54, 1.807) is 0 Å². The zero-order valence-electron chi connectivity index (χ0n) is 18.9. The van der Waals surface area contributed by atoms with Crippen LogP contribution in [0.15, 0.2) is 0 Å². The Morgan fingerprint density at radius 1 is 1.40 bits per heavy atom. The van der Waals surface area contributed by atoms with Crippen molar-refractivity contribution in [3.8, 4) is 0 Å². The lowest BCUT2D eigenvalue weighted by atomic mass is 10.1. The van der Waals surface area contributed by atoms with Gasteiger partial charge in [0.15, 0.2) is 0 Å². The van der Waals surface area contributed by atoms with E-state index < -0.39 is 56.3 Å². The molecule has 0 aromatic carbocycles. The highest BCUT2D eigenvalue weighted by Gasteiger charge is 2.34. The molecule has 7 nitrogen and oxygen atoms in total. The van der Waals surface area contributed by atoms with Crippen molar-refractivity contribution in [3.05, 3.63) is 0 Å². The smallest absolute Gasteiger partial charge is 0.410 e. The van der Waals surface area contributed by atoms with E-state index in [9.17, 15) is 14.7 Å². The van der Waals surface area contributed by atoms with Crippen LogP contribution in [-0.2, 0) is 9.47 Å². The van der Waals surface area contributed by atoms with Gasteiger partial charge in [0.1, 0.15) is 5.60 Å². The van der Waals surface area contributed by atoms with E-state index in [1.165, 1.54) is 20.8 Å². The van der Waals surface area contributed by atoms with Crippen LogP contribution >= 0.6 is 0 Å². The largest absolute Gasteiger partial charge is 0.453 e. The van der Waals surface area contributed by atoms with Gasteiger partial charge >= 0.3 is 12.2 Å². The molecule has 1 aliphatic heterocycles.